The van der Waals surface area contributed by atoms with Crippen molar-refractivity contribution in [2.45, 2.75) is 38.5 Å². The molecule has 170 valence electrons. The molecule has 0 saturated heterocycles. The van der Waals surface area contributed by atoms with E-state index in [0.717, 1.165) is 36.4 Å². The van der Waals surface area contributed by atoms with Gasteiger partial charge in [-0.3, -0.25) is 15.2 Å². The molecule has 1 amide bonds. The van der Waals surface area contributed by atoms with Crippen molar-refractivity contribution in [2.75, 3.05) is 20.1 Å². The quantitative estimate of drug-likeness (QED) is 0.749. The number of benzene rings is 1. The standard InChI is InChI=1S/C23H26F3N5O/c1-13(15-6-4-8-17(10-15)23(24,25)26)28-21-19-11-18(16-7-5-9-27-12-16)22(32)31(3)20(19)14(2)29-30-21/h4,6-8,10-11,13,19-20,27H,5,9,12H2,1-3H3,(H,28,30)/t13-,19?,20?/m1/s1. The number of halogens is 3. The Bertz CT molecular complexity index is 1040. The number of amidine groups is 1. The first-order chi connectivity index (χ1) is 15.2. The number of fused-ring (bicyclic) bond motifs is 1. The van der Waals surface area contributed by atoms with Crippen LogP contribution in [0.1, 0.15) is 37.4 Å². The van der Waals surface area contributed by atoms with Crippen molar-refractivity contribution in [3.63, 3.8) is 0 Å². The highest BCUT2D eigenvalue weighted by atomic mass is 19.4. The number of carbonyl (C=O) groups is 1. The molecule has 9 heteroatoms. The van der Waals surface area contributed by atoms with Crippen LogP contribution in [0.2, 0.25) is 0 Å². The van der Waals surface area contributed by atoms with Crippen molar-refractivity contribution in [1.29, 1.82) is 0 Å². The van der Waals surface area contributed by atoms with E-state index in [0.29, 0.717) is 23.5 Å². The topological polar surface area (TPSA) is 69.1 Å². The number of alkyl halides is 3. The maximum atomic E-state index is 13.1. The highest BCUT2D eigenvalue weighted by molar-refractivity contribution is 6.08. The molecule has 0 spiro atoms. The third-order valence-electron chi connectivity index (χ3n) is 6.15. The Hall–Kier alpha value is -2.94. The molecule has 2 unspecified atom stereocenters. The molecule has 0 aromatic heterocycles. The first-order valence-electron chi connectivity index (χ1n) is 10.6. The molecular weight excluding hydrogens is 419 g/mol. The molecule has 3 aliphatic rings. The molecule has 6 nitrogen and oxygen atoms in total. The van der Waals surface area contributed by atoms with E-state index in [1.54, 1.807) is 24.9 Å². The lowest BCUT2D eigenvalue weighted by atomic mass is 9.83. The maximum Gasteiger partial charge on any atom is 0.416 e. The van der Waals surface area contributed by atoms with Gasteiger partial charge in [-0.1, -0.05) is 24.3 Å². The summed E-state index contributed by atoms with van der Waals surface area (Å²) < 4.78 is 39.4. The van der Waals surface area contributed by atoms with Gasteiger partial charge in [0.1, 0.15) is 5.84 Å². The Kier molecular flexibility index (Phi) is 5.94. The molecule has 3 heterocycles. The number of hydrazone groups is 1. The number of carbonyl (C=O) groups excluding carboxylic acids is 1. The van der Waals surface area contributed by atoms with Crippen LogP contribution in [0, 0.1) is 5.92 Å². The largest absolute Gasteiger partial charge is 0.416 e. The fraction of sp³-hybridized carbons (Fsp3) is 0.435. The van der Waals surface area contributed by atoms with Crippen LogP contribution in [0.25, 0.3) is 0 Å². The SMILES string of the molecule is CC1=NNC(=N[C@H](C)c2cccc(C(F)(F)F)c2)C2C=C(C3=CCCNC3)C(=O)N(C)C12. The molecule has 2 N–H and O–H groups in total. The summed E-state index contributed by atoms with van der Waals surface area (Å²) in [6.07, 6.45) is 0.441. The van der Waals surface area contributed by atoms with Gasteiger partial charge in [-0.15, -0.1) is 0 Å². The van der Waals surface area contributed by atoms with Crippen LogP contribution in [0.4, 0.5) is 13.2 Å². The predicted octanol–water partition coefficient (Wildman–Crippen LogP) is 3.45. The minimum Gasteiger partial charge on any atom is -0.332 e. The number of aliphatic imine (C=N–C) groups is 1. The number of rotatable bonds is 3. The second kappa shape index (κ2) is 8.54. The minimum atomic E-state index is -4.41. The average molecular weight is 445 g/mol. The first-order valence-corrected chi connectivity index (χ1v) is 10.6. The van der Waals surface area contributed by atoms with Gasteiger partial charge < -0.3 is 10.2 Å². The zero-order chi connectivity index (χ0) is 23.0. The molecule has 3 atom stereocenters. The molecule has 1 aromatic carbocycles. The van der Waals surface area contributed by atoms with Gasteiger partial charge in [0.25, 0.3) is 5.91 Å². The number of nitrogens with one attached hydrogen (secondary N) is 2. The van der Waals surface area contributed by atoms with Crippen LogP contribution >= 0.6 is 0 Å². The van der Waals surface area contributed by atoms with E-state index in [2.05, 4.69) is 21.9 Å². The molecule has 32 heavy (non-hydrogen) atoms. The van der Waals surface area contributed by atoms with Crippen molar-refractivity contribution in [1.82, 2.24) is 15.6 Å². The van der Waals surface area contributed by atoms with Crippen LogP contribution in [-0.4, -0.2) is 48.5 Å². The summed E-state index contributed by atoms with van der Waals surface area (Å²) in [7, 11) is 1.75. The van der Waals surface area contributed by atoms with E-state index in [-0.39, 0.29) is 17.9 Å². The molecule has 4 rings (SSSR count). The molecule has 0 aliphatic carbocycles. The van der Waals surface area contributed by atoms with Gasteiger partial charge in [0.05, 0.1) is 29.3 Å². The first kappa shape index (κ1) is 22.3. The lowest BCUT2D eigenvalue weighted by molar-refractivity contribution is -0.137. The van der Waals surface area contributed by atoms with Gasteiger partial charge in [0.2, 0.25) is 0 Å². The van der Waals surface area contributed by atoms with E-state index in [1.807, 2.05) is 13.0 Å². The fourth-order valence-corrected chi connectivity index (χ4v) is 4.42. The summed E-state index contributed by atoms with van der Waals surface area (Å²) >= 11 is 0. The molecule has 0 bridgehead atoms. The number of nitrogens with zero attached hydrogens (tertiary/aromatic N) is 3. The molecule has 3 aliphatic heterocycles. The molecule has 0 radical (unpaired) electrons. The third kappa shape index (κ3) is 4.21. The summed E-state index contributed by atoms with van der Waals surface area (Å²) in [5, 5.41) is 7.62. The van der Waals surface area contributed by atoms with Gasteiger partial charge in [0, 0.05) is 19.2 Å². The number of hydrogen-bond acceptors (Lipinski definition) is 4. The van der Waals surface area contributed by atoms with Crippen molar-refractivity contribution < 1.29 is 18.0 Å². The summed E-state index contributed by atoms with van der Waals surface area (Å²) in [6, 6.07) is 4.38. The normalized spacial score (nSPS) is 26.1. The van der Waals surface area contributed by atoms with Crippen LogP contribution in [0.5, 0.6) is 0 Å². The van der Waals surface area contributed by atoms with Gasteiger partial charge in [-0.05, 0) is 50.1 Å². The highest BCUT2D eigenvalue weighted by Gasteiger charge is 2.41. The number of hydrogen-bond donors (Lipinski definition) is 2. The zero-order valence-electron chi connectivity index (χ0n) is 18.2. The lowest BCUT2D eigenvalue weighted by Crippen LogP contribution is -2.56. The van der Waals surface area contributed by atoms with Crippen molar-refractivity contribution in [3.05, 3.63) is 58.7 Å². The highest BCUT2D eigenvalue weighted by Crippen LogP contribution is 2.33. The summed E-state index contributed by atoms with van der Waals surface area (Å²) in [5.74, 6) is 0.205. The summed E-state index contributed by atoms with van der Waals surface area (Å²) in [5.41, 5.74) is 5.07. The van der Waals surface area contributed by atoms with E-state index >= 15 is 0 Å². The van der Waals surface area contributed by atoms with Gasteiger partial charge in [-0.2, -0.15) is 18.3 Å². The zero-order valence-corrected chi connectivity index (χ0v) is 18.2. The number of likely N-dealkylation sites (N-methyl/N-ethyl adjacent to an activating group) is 1. The monoisotopic (exact) mass is 445 g/mol. The van der Waals surface area contributed by atoms with E-state index < -0.39 is 17.8 Å². The van der Waals surface area contributed by atoms with Crippen molar-refractivity contribution >= 4 is 17.5 Å². The Balaban J connectivity index is 1.71. The molecule has 0 saturated carbocycles. The van der Waals surface area contributed by atoms with Crippen LogP contribution in [0.15, 0.2) is 57.7 Å². The smallest absolute Gasteiger partial charge is 0.332 e. The van der Waals surface area contributed by atoms with Crippen molar-refractivity contribution in [3.8, 4) is 0 Å². The fourth-order valence-electron chi connectivity index (χ4n) is 4.42. The number of amides is 1. The summed E-state index contributed by atoms with van der Waals surface area (Å²) in [4.78, 5) is 19.5. The Morgan fingerprint density at radius 3 is 2.78 bits per heavy atom. The minimum absolute atomic E-state index is 0.0667. The average Bonchev–Trinajstić information content (AvgIpc) is 2.77. The Morgan fingerprint density at radius 2 is 2.09 bits per heavy atom. The molecule has 0 fully saturated rings. The predicted molar refractivity (Wildman–Crippen MR) is 117 cm³/mol. The summed E-state index contributed by atoms with van der Waals surface area (Å²) in [6.45, 7) is 5.10. The van der Waals surface area contributed by atoms with E-state index in [9.17, 15) is 18.0 Å². The van der Waals surface area contributed by atoms with Gasteiger partial charge in [-0.25, -0.2) is 0 Å². The van der Waals surface area contributed by atoms with Gasteiger partial charge in [0.15, 0.2) is 0 Å². The van der Waals surface area contributed by atoms with Gasteiger partial charge >= 0.3 is 6.18 Å². The second-order valence-corrected chi connectivity index (χ2v) is 8.34. The van der Waals surface area contributed by atoms with Crippen LogP contribution < -0.4 is 10.7 Å². The molecule has 1 aromatic rings. The Morgan fingerprint density at radius 1 is 1.31 bits per heavy atom. The van der Waals surface area contributed by atoms with E-state index in [4.69, 9.17) is 4.99 Å². The maximum absolute atomic E-state index is 13.1. The van der Waals surface area contributed by atoms with Crippen LogP contribution in [0.3, 0.4) is 0 Å². The third-order valence-corrected chi connectivity index (χ3v) is 6.15. The Labute approximate surface area is 185 Å². The second-order valence-electron chi connectivity index (χ2n) is 8.34. The van der Waals surface area contributed by atoms with Crippen LogP contribution in [-0.2, 0) is 11.0 Å². The molecular formula is C23H26F3N5O. The van der Waals surface area contributed by atoms with E-state index in [1.165, 1.54) is 6.07 Å². The lowest BCUT2D eigenvalue weighted by Gasteiger charge is -2.41. The van der Waals surface area contributed by atoms with Crippen molar-refractivity contribution in [2.24, 2.45) is 16.0 Å².